The number of nitrogen functional groups attached to an aromatic ring is 1. The molecule has 0 spiro atoms. The molecule has 0 unspecified atom stereocenters. The topological polar surface area (TPSA) is 121 Å². The summed E-state index contributed by atoms with van der Waals surface area (Å²) in [5.74, 6) is -2.78. The minimum Gasteiger partial charge on any atom is -0.508 e. The average Bonchev–Trinajstić information content (AvgIpc) is 2.37. The fourth-order valence-corrected chi connectivity index (χ4v) is 1.95. The van der Waals surface area contributed by atoms with Gasteiger partial charge in [0.1, 0.15) is 5.75 Å². The maximum Gasteiger partial charge on any atom is 0.338 e. The molecule has 5 N–H and O–H groups in total. The Morgan fingerprint density at radius 1 is 1.00 bits per heavy atom. The second-order valence-corrected chi connectivity index (χ2v) is 4.11. The molecule has 2 aromatic rings. The van der Waals surface area contributed by atoms with E-state index in [0.717, 1.165) is 0 Å². The highest BCUT2D eigenvalue weighted by Gasteiger charge is 2.21. The molecule has 102 valence electrons. The summed E-state index contributed by atoms with van der Waals surface area (Å²) in [4.78, 5) is 22.2. The lowest BCUT2D eigenvalue weighted by Gasteiger charge is -2.11. The predicted molar refractivity (Wildman–Crippen MR) is 71.9 cm³/mol. The molecular weight excluding hydrogens is 262 g/mol. The maximum atomic E-state index is 11.2. The monoisotopic (exact) mass is 273 g/mol. The van der Waals surface area contributed by atoms with Crippen molar-refractivity contribution in [3.8, 4) is 16.9 Å². The Labute approximate surface area is 113 Å². The van der Waals surface area contributed by atoms with Crippen LogP contribution in [0.1, 0.15) is 20.7 Å². The molecule has 0 aromatic heterocycles. The molecule has 0 aliphatic carbocycles. The van der Waals surface area contributed by atoms with Gasteiger partial charge in [0.15, 0.2) is 0 Å². The van der Waals surface area contributed by atoms with Crippen molar-refractivity contribution in [1.29, 1.82) is 0 Å². The molecule has 2 rings (SSSR count). The molecular formula is C14H11NO5. The molecule has 0 fully saturated rings. The van der Waals surface area contributed by atoms with Gasteiger partial charge in [0.25, 0.3) is 0 Å². The van der Waals surface area contributed by atoms with E-state index in [2.05, 4.69) is 0 Å². The smallest absolute Gasteiger partial charge is 0.338 e. The molecule has 0 aliphatic rings. The largest absolute Gasteiger partial charge is 0.508 e. The molecule has 20 heavy (non-hydrogen) atoms. The molecule has 0 radical (unpaired) electrons. The van der Waals surface area contributed by atoms with Crippen molar-refractivity contribution in [1.82, 2.24) is 0 Å². The molecule has 0 saturated carbocycles. The van der Waals surface area contributed by atoms with Crippen LogP contribution in [-0.4, -0.2) is 27.3 Å². The molecule has 2 aromatic carbocycles. The summed E-state index contributed by atoms with van der Waals surface area (Å²) in [6, 6.07) is 8.69. The first-order chi connectivity index (χ1) is 9.41. The standard InChI is InChI=1S/C14H11NO5/c15-12-9(7-2-1-3-8(16)6-7)4-5-10(13(17)18)11(12)14(19)20/h1-6,16H,15H2,(H,17,18)(H,19,20). The number of benzene rings is 2. The van der Waals surface area contributed by atoms with Crippen molar-refractivity contribution in [3.63, 3.8) is 0 Å². The van der Waals surface area contributed by atoms with Gasteiger partial charge in [0, 0.05) is 5.56 Å². The third-order valence-corrected chi connectivity index (χ3v) is 2.85. The Morgan fingerprint density at radius 2 is 1.70 bits per heavy atom. The van der Waals surface area contributed by atoms with Gasteiger partial charge in [-0.15, -0.1) is 0 Å². The van der Waals surface area contributed by atoms with Crippen molar-refractivity contribution in [2.24, 2.45) is 0 Å². The van der Waals surface area contributed by atoms with Crippen LogP contribution in [0.2, 0.25) is 0 Å². The van der Waals surface area contributed by atoms with Crippen LogP contribution in [0.15, 0.2) is 36.4 Å². The van der Waals surface area contributed by atoms with E-state index >= 15 is 0 Å². The van der Waals surface area contributed by atoms with Crippen LogP contribution < -0.4 is 5.73 Å². The van der Waals surface area contributed by atoms with Gasteiger partial charge in [-0.1, -0.05) is 18.2 Å². The molecule has 6 heteroatoms. The average molecular weight is 273 g/mol. The Hall–Kier alpha value is -3.02. The number of carboxylic acid groups (broad SMARTS) is 2. The SMILES string of the molecule is Nc1c(-c2cccc(O)c2)ccc(C(=O)O)c1C(=O)O. The summed E-state index contributed by atoms with van der Waals surface area (Å²) >= 11 is 0. The Kier molecular flexibility index (Phi) is 3.30. The Balaban J connectivity index is 2.72. The molecule has 0 bridgehead atoms. The molecule has 6 nitrogen and oxygen atoms in total. The number of anilines is 1. The highest BCUT2D eigenvalue weighted by atomic mass is 16.4. The first kappa shape index (κ1) is 13.4. The van der Waals surface area contributed by atoms with Crippen LogP contribution in [0.4, 0.5) is 5.69 Å². The van der Waals surface area contributed by atoms with Gasteiger partial charge in [-0.05, 0) is 23.8 Å². The van der Waals surface area contributed by atoms with Gasteiger partial charge in [-0.3, -0.25) is 0 Å². The Bertz CT molecular complexity index is 709. The van der Waals surface area contributed by atoms with E-state index in [-0.39, 0.29) is 17.0 Å². The third kappa shape index (κ3) is 2.26. The number of hydrogen-bond donors (Lipinski definition) is 4. The van der Waals surface area contributed by atoms with Gasteiger partial charge in [-0.2, -0.15) is 0 Å². The summed E-state index contributed by atoms with van der Waals surface area (Å²) in [5.41, 5.74) is 5.65. The third-order valence-electron chi connectivity index (χ3n) is 2.85. The summed E-state index contributed by atoms with van der Waals surface area (Å²) in [6.07, 6.45) is 0. The number of carboxylic acids is 2. The fraction of sp³-hybridized carbons (Fsp3) is 0. The summed E-state index contributed by atoms with van der Waals surface area (Å²) in [5, 5.41) is 27.5. The molecule has 0 atom stereocenters. The second-order valence-electron chi connectivity index (χ2n) is 4.11. The second kappa shape index (κ2) is 4.93. The van der Waals surface area contributed by atoms with E-state index in [9.17, 15) is 14.7 Å². The normalized spacial score (nSPS) is 10.2. The van der Waals surface area contributed by atoms with E-state index < -0.39 is 17.5 Å². The van der Waals surface area contributed by atoms with E-state index in [1.807, 2.05) is 0 Å². The first-order valence-electron chi connectivity index (χ1n) is 5.60. The van der Waals surface area contributed by atoms with Crippen molar-refractivity contribution >= 4 is 17.6 Å². The van der Waals surface area contributed by atoms with Crippen LogP contribution in [0.5, 0.6) is 5.75 Å². The lowest BCUT2D eigenvalue weighted by atomic mass is 9.96. The molecule has 0 amide bonds. The Morgan fingerprint density at radius 3 is 2.25 bits per heavy atom. The predicted octanol–water partition coefficient (Wildman–Crippen LogP) is 2.04. The van der Waals surface area contributed by atoms with E-state index in [1.165, 1.54) is 24.3 Å². The zero-order valence-electron chi connectivity index (χ0n) is 10.2. The zero-order valence-corrected chi connectivity index (χ0v) is 10.2. The number of rotatable bonds is 3. The zero-order chi connectivity index (χ0) is 14.9. The highest BCUT2D eigenvalue weighted by Crippen LogP contribution is 2.32. The minimum absolute atomic E-state index is 0.00101. The number of aromatic carboxylic acids is 2. The van der Waals surface area contributed by atoms with Crippen LogP contribution in [0, 0.1) is 0 Å². The lowest BCUT2D eigenvalue weighted by Crippen LogP contribution is -2.12. The lowest BCUT2D eigenvalue weighted by molar-refractivity contribution is 0.0652. The van der Waals surface area contributed by atoms with Gasteiger partial charge in [0.2, 0.25) is 0 Å². The minimum atomic E-state index is -1.41. The number of carbonyl (C=O) groups is 2. The number of hydrogen-bond acceptors (Lipinski definition) is 4. The van der Waals surface area contributed by atoms with Crippen LogP contribution >= 0.6 is 0 Å². The van der Waals surface area contributed by atoms with Crippen molar-refractivity contribution in [2.75, 3.05) is 5.73 Å². The quantitative estimate of drug-likeness (QED) is 0.635. The van der Waals surface area contributed by atoms with E-state index in [1.54, 1.807) is 12.1 Å². The van der Waals surface area contributed by atoms with Gasteiger partial charge < -0.3 is 21.1 Å². The van der Waals surface area contributed by atoms with Crippen LogP contribution in [0.3, 0.4) is 0 Å². The summed E-state index contributed by atoms with van der Waals surface area (Å²) in [7, 11) is 0. The molecule has 0 aliphatic heterocycles. The van der Waals surface area contributed by atoms with Gasteiger partial charge in [-0.25, -0.2) is 9.59 Å². The molecule has 0 heterocycles. The van der Waals surface area contributed by atoms with Gasteiger partial charge >= 0.3 is 11.9 Å². The maximum absolute atomic E-state index is 11.2. The van der Waals surface area contributed by atoms with Crippen molar-refractivity contribution in [2.45, 2.75) is 0 Å². The number of phenols is 1. The van der Waals surface area contributed by atoms with Crippen molar-refractivity contribution in [3.05, 3.63) is 47.5 Å². The van der Waals surface area contributed by atoms with Crippen LogP contribution in [0.25, 0.3) is 11.1 Å². The summed E-state index contributed by atoms with van der Waals surface area (Å²) in [6.45, 7) is 0. The van der Waals surface area contributed by atoms with Crippen molar-refractivity contribution < 1.29 is 24.9 Å². The van der Waals surface area contributed by atoms with Crippen LogP contribution in [-0.2, 0) is 0 Å². The van der Waals surface area contributed by atoms with E-state index in [4.69, 9.17) is 15.9 Å². The first-order valence-corrected chi connectivity index (χ1v) is 5.60. The number of nitrogens with two attached hydrogens (primary N) is 1. The fourth-order valence-electron chi connectivity index (χ4n) is 1.95. The van der Waals surface area contributed by atoms with Gasteiger partial charge in [0.05, 0.1) is 16.8 Å². The molecule has 0 saturated heterocycles. The van der Waals surface area contributed by atoms with E-state index in [0.29, 0.717) is 11.1 Å². The number of phenolic OH excluding ortho intramolecular Hbond substituents is 1. The highest BCUT2D eigenvalue weighted by molar-refractivity contribution is 6.08. The number of aromatic hydroxyl groups is 1. The summed E-state index contributed by atoms with van der Waals surface area (Å²) < 4.78 is 0.